The van der Waals surface area contributed by atoms with Gasteiger partial charge in [0.25, 0.3) is 0 Å². The first kappa shape index (κ1) is 18.1. The second-order valence-electron chi connectivity index (χ2n) is 5.21. The van der Waals surface area contributed by atoms with Crippen LogP contribution in [0, 0.1) is 23.2 Å². The molecule has 0 aliphatic rings. The van der Waals surface area contributed by atoms with Gasteiger partial charge in [-0.3, -0.25) is 9.36 Å². The van der Waals surface area contributed by atoms with Crippen LogP contribution in [0.5, 0.6) is 0 Å². The Balaban J connectivity index is 4.65. The molecule has 0 saturated carbocycles. The Bertz CT molecular complexity index is 375. The van der Waals surface area contributed by atoms with Crippen LogP contribution >= 0.6 is 7.37 Å². The molecular formula is C13H24NO4P. The molecule has 5 nitrogen and oxygen atoms in total. The first-order valence-corrected chi connectivity index (χ1v) is 8.75. The zero-order chi connectivity index (χ0) is 15.1. The summed E-state index contributed by atoms with van der Waals surface area (Å²) in [4.78, 5) is 10.9. The van der Waals surface area contributed by atoms with Crippen molar-refractivity contribution in [2.45, 2.75) is 40.2 Å². The summed E-state index contributed by atoms with van der Waals surface area (Å²) in [7, 11) is -2.77. The molecule has 19 heavy (non-hydrogen) atoms. The van der Waals surface area contributed by atoms with Gasteiger partial charge in [0.1, 0.15) is 6.07 Å². The highest BCUT2D eigenvalue weighted by Gasteiger charge is 2.30. The van der Waals surface area contributed by atoms with Crippen molar-refractivity contribution in [3.05, 3.63) is 0 Å². The molecule has 0 saturated heterocycles. The lowest BCUT2D eigenvalue weighted by Gasteiger charge is -2.24. The lowest BCUT2D eigenvalue weighted by molar-refractivity contribution is -0.145. The fourth-order valence-corrected chi connectivity index (χ4v) is 3.65. The number of esters is 1. The van der Waals surface area contributed by atoms with Crippen molar-refractivity contribution in [3.63, 3.8) is 0 Å². The maximum absolute atomic E-state index is 12.3. The van der Waals surface area contributed by atoms with Crippen LogP contribution in [0.25, 0.3) is 0 Å². The van der Waals surface area contributed by atoms with Gasteiger partial charge < -0.3 is 9.26 Å². The summed E-state index contributed by atoms with van der Waals surface area (Å²) in [6.45, 7) is 9.09. The van der Waals surface area contributed by atoms with Crippen LogP contribution < -0.4 is 0 Å². The standard InChI is InChI=1S/C13H24NO4P/c1-6-12(13(7-14)18-11(4)15)9-19(5,16)17-8-10(2)3/h10,12-13H,6,8-9H2,1-5H3. The first-order chi connectivity index (χ1) is 8.71. The van der Waals surface area contributed by atoms with Gasteiger partial charge in [0.15, 0.2) is 6.10 Å². The average molecular weight is 289 g/mol. The molecule has 0 fully saturated rings. The van der Waals surface area contributed by atoms with E-state index < -0.39 is 19.4 Å². The van der Waals surface area contributed by atoms with Gasteiger partial charge in [-0.15, -0.1) is 0 Å². The summed E-state index contributed by atoms with van der Waals surface area (Å²) in [5.41, 5.74) is 0. The number of hydrogen-bond acceptors (Lipinski definition) is 5. The van der Waals surface area contributed by atoms with Gasteiger partial charge in [-0.05, 0) is 12.3 Å². The van der Waals surface area contributed by atoms with E-state index in [0.717, 1.165) is 0 Å². The van der Waals surface area contributed by atoms with Crippen molar-refractivity contribution in [2.24, 2.45) is 11.8 Å². The predicted octanol–water partition coefficient (Wildman–Crippen LogP) is 3.05. The number of carbonyl (C=O) groups is 1. The topological polar surface area (TPSA) is 76.4 Å². The van der Waals surface area contributed by atoms with Crippen LogP contribution in [-0.4, -0.2) is 31.5 Å². The Kier molecular flexibility index (Phi) is 7.97. The quantitative estimate of drug-likeness (QED) is 0.507. The smallest absolute Gasteiger partial charge is 0.303 e. The number of ether oxygens (including phenoxy) is 1. The van der Waals surface area contributed by atoms with Gasteiger partial charge in [-0.2, -0.15) is 5.26 Å². The van der Waals surface area contributed by atoms with Crippen molar-refractivity contribution < 1.29 is 18.6 Å². The number of hydrogen-bond donors (Lipinski definition) is 0. The van der Waals surface area contributed by atoms with Crippen LogP contribution in [0.1, 0.15) is 34.1 Å². The van der Waals surface area contributed by atoms with E-state index in [1.807, 2.05) is 26.8 Å². The molecule has 110 valence electrons. The lowest BCUT2D eigenvalue weighted by atomic mass is 10.0. The van der Waals surface area contributed by atoms with E-state index in [4.69, 9.17) is 14.5 Å². The molecular weight excluding hydrogens is 265 g/mol. The predicted molar refractivity (Wildman–Crippen MR) is 74.1 cm³/mol. The molecule has 3 unspecified atom stereocenters. The van der Waals surface area contributed by atoms with Crippen LogP contribution in [0.2, 0.25) is 0 Å². The normalized spacial score (nSPS) is 17.3. The summed E-state index contributed by atoms with van der Waals surface area (Å²) < 4.78 is 22.7. The van der Waals surface area contributed by atoms with Crippen molar-refractivity contribution in [2.75, 3.05) is 19.4 Å². The summed E-state index contributed by atoms with van der Waals surface area (Å²) in [6.07, 6.45) is -0.00533. The van der Waals surface area contributed by atoms with E-state index in [1.54, 1.807) is 6.66 Å². The molecule has 0 heterocycles. The number of nitrogens with zero attached hydrogens (tertiary/aromatic N) is 1. The maximum atomic E-state index is 12.3. The van der Waals surface area contributed by atoms with Crippen LogP contribution in [0.15, 0.2) is 0 Å². The molecule has 0 N–H and O–H groups in total. The third-order valence-corrected chi connectivity index (χ3v) is 4.45. The second-order valence-corrected chi connectivity index (χ2v) is 7.87. The van der Waals surface area contributed by atoms with Crippen molar-refractivity contribution in [3.8, 4) is 6.07 Å². The highest BCUT2D eigenvalue weighted by molar-refractivity contribution is 7.58. The van der Waals surface area contributed by atoms with E-state index >= 15 is 0 Å². The fourth-order valence-electron chi connectivity index (χ4n) is 1.63. The summed E-state index contributed by atoms with van der Waals surface area (Å²) in [5, 5.41) is 9.03. The highest BCUT2D eigenvalue weighted by Crippen LogP contribution is 2.46. The molecule has 0 aromatic carbocycles. The summed E-state index contributed by atoms with van der Waals surface area (Å²) in [6, 6.07) is 1.95. The van der Waals surface area contributed by atoms with E-state index in [9.17, 15) is 9.36 Å². The molecule has 0 aliphatic heterocycles. The molecule has 0 spiro atoms. The van der Waals surface area contributed by atoms with Crippen molar-refractivity contribution >= 4 is 13.3 Å². The minimum Gasteiger partial charge on any atom is -0.447 e. The Morgan fingerprint density at radius 2 is 2.00 bits per heavy atom. The molecule has 0 bridgehead atoms. The highest BCUT2D eigenvalue weighted by atomic mass is 31.2. The monoisotopic (exact) mass is 289 g/mol. The molecule has 0 radical (unpaired) electrons. The largest absolute Gasteiger partial charge is 0.447 e. The Labute approximate surface area is 115 Å². The van der Waals surface area contributed by atoms with Crippen molar-refractivity contribution in [1.82, 2.24) is 0 Å². The number of nitriles is 1. The molecule has 0 aromatic heterocycles. The molecule has 0 rings (SSSR count). The van der Waals surface area contributed by atoms with Gasteiger partial charge in [0.05, 0.1) is 6.61 Å². The number of rotatable bonds is 8. The third kappa shape index (κ3) is 8.02. The zero-order valence-electron chi connectivity index (χ0n) is 12.4. The Morgan fingerprint density at radius 1 is 1.42 bits per heavy atom. The zero-order valence-corrected chi connectivity index (χ0v) is 13.3. The van der Waals surface area contributed by atoms with E-state index in [0.29, 0.717) is 18.9 Å². The van der Waals surface area contributed by atoms with Crippen LogP contribution in [0.4, 0.5) is 0 Å². The van der Waals surface area contributed by atoms with Gasteiger partial charge in [0, 0.05) is 25.7 Å². The summed E-state index contributed by atoms with van der Waals surface area (Å²) >= 11 is 0. The maximum Gasteiger partial charge on any atom is 0.303 e. The Morgan fingerprint density at radius 3 is 2.37 bits per heavy atom. The van der Waals surface area contributed by atoms with E-state index in [-0.39, 0.29) is 12.1 Å². The first-order valence-electron chi connectivity index (χ1n) is 6.49. The average Bonchev–Trinajstić information content (AvgIpc) is 2.30. The molecule has 3 atom stereocenters. The molecule has 0 aromatic rings. The molecule has 0 aliphatic carbocycles. The van der Waals surface area contributed by atoms with Crippen LogP contribution in [0.3, 0.4) is 0 Å². The van der Waals surface area contributed by atoms with Crippen LogP contribution in [-0.2, 0) is 18.6 Å². The van der Waals surface area contributed by atoms with Gasteiger partial charge >= 0.3 is 5.97 Å². The van der Waals surface area contributed by atoms with E-state index in [1.165, 1.54) is 6.92 Å². The minimum absolute atomic E-state index is 0.252. The van der Waals surface area contributed by atoms with Gasteiger partial charge in [-0.1, -0.05) is 20.8 Å². The number of carbonyl (C=O) groups excluding carboxylic acids is 1. The molecule has 0 amide bonds. The van der Waals surface area contributed by atoms with Gasteiger partial charge in [0.2, 0.25) is 7.37 Å². The SMILES string of the molecule is CCC(CP(C)(=O)OCC(C)C)C(C#N)OC(C)=O. The molecule has 6 heteroatoms. The van der Waals surface area contributed by atoms with Gasteiger partial charge in [-0.25, -0.2) is 0 Å². The summed E-state index contributed by atoms with van der Waals surface area (Å²) in [5.74, 6) is -0.468. The minimum atomic E-state index is -2.77. The van der Waals surface area contributed by atoms with E-state index in [2.05, 4.69) is 0 Å². The second kappa shape index (κ2) is 8.35. The lowest BCUT2D eigenvalue weighted by Crippen LogP contribution is -2.27. The fraction of sp³-hybridized carbons (Fsp3) is 0.846. The Hall–Kier alpha value is -0.850. The van der Waals surface area contributed by atoms with Crippen molar-refractivity contribution in [1.29, 1.82) is 5.26 Å². The third-order valence-electron chi connectivity index (χ3n) is 2.62.